The minimum atomic E-state index is -1.02. The molecule has 0 saturated carbocycles. The summed E-state index contributed by atoms with van der Waals surface area (Å²) in [6.07, 6.45) is 1.54. The Hall–Kier alpha value is 0.240. The second-order valence-electron chi connectivity index (χ2n) is 3.38. The normalized spacial score (nSPS) is 30.3. The second kappa shape index (κ2) is 3.76. The van der Waals surface area contributed by atoms with E-state index in [1.807, 2.05) is 11.8 Å². The highest BCUT2D eigenvalue weighted by atomic mass is 32.2. The first kappa shape index (κ1) is 9.33. The molecule has 1 heterocycles. The van der Waals surface area contributed by atoms with E-state index in [0.29, 0.717) is 13.0 Å². The van der Waals surface area contributed by atoms with E-state index in [9.17, 15) is 4.39 Å². The smallest absolute Gasteiger partial charge is 0.113 e. The van der Waals surface area contributed by atoms with E-state index < -0.39 is 5.67 Å². The topological polar surface area (TPSA) is 26.0 Å². The van der Waals surface area contributed by atoms with Gasteiger partial charge in [0.2, 0.25) is 0 Å². The Bertz CT molecular complexity index is 121. The fraction of sp³-hybridized carbons (Fsp3) is 1.00. The first-order valence-corrected chi connectivity index (χ1v) is 5.29. The van der Waals surface area contributed by atoms with Crippen LogP contribution in [0.25, 0.3) is 0 Å². The monoisotopic (exact) mass is 177 g/mol. The van der Waals surface area contributed by atoms with Gasteiger partial charge < -0.3 is 5.73 Å². The average molecular weight is 177 g/mol. The van der Waals surface area contributed by atoms with Crippen molar-refractivity contribution in [3.63, 3.8) is 0 Å². The molecule has 2 N–H and O–H groups in total. The number of rotatable bonds is 3. The SMILES string of the molecule is CC(F)(CCN)C1CCSC1. The lowest BCUT2D eigenvalue weighted by atomic mass is 9.88. The van der Waals surface area contributed by atoms with E-state index in [1.165, 1.54) is 0 Å². The summed E-state index contributed by atoms with van der Waals surface area (Å²) >= 11 is 1.85. The number of halogens is 1. The third-order valence-corrected chi connectivity index (χ3v) is 3.58. The van der Waals surface area contributed by atoms with Gasteiger partial charge in [0.1, 0.15) is 5.67 Å². The van der Waals surface area contributed by atoms with Crippen molar-refractivity contribution in [2.75, 3.05) is 18.1 Å². The molecule has 1 fully saturated rings. The van der Waals surface area contributed by atoms with Crippen LogP contribution < -0.4 is 5.73 Å². The van der Waals surface area contributed by atoms with Crippen molar-refractivity contribution < 1.29 is 4.39 Å². The van der Waals surface area contributed by atoms with Crippen LogP contribution in [0.3, 0.4) is 0 Å². The Labute approximate surface area is 71.9 Å². The molecule has 2 atom stereocenters. The third kappa shape index (κ3) is 2.34. The van der Waals surface area contributed by atoms with E-state index >= 15 is 0 Å². The Kier molecular flexibility index (Phi) is 3.19. The maximum absolute atomic E-state index is 13.7. The van der Waals surface area contributed by atoms with Crippen molar-refractivity contribution in [2.24, 2.45) is 11.7 Å². The molecule has 1 aliphatic rings. The molecule has 0 bridgehead atoms. The Morgan fingerprint density at radius 2 is 2.45 bits per heavy atom. The van der Waals surface area contributed by atoms with Crippen molar-refractivity contribution in [1.29, 1.82) is 0 Å². The van der Waals surface area contributed by atoms with Gasteiger partial charge in [-0.3, -0.25) is 0 Å². The van der Waals surface area contributed by atoms with Gasteiger partial charge in [-0.1, -0.05) is 0 Å². The molecule has 0 amide bonds. The van der Waals surface area contributed by atoms with Crippen LogP contribution in [0, 0.1) is 5.92 Å². The summed E-state index contributed by atoms with van der Waals surface area (Å²) in [6.45, 7) is 2.16. The minimum absolute atomic E-state index is 0.246. The van der Waals surface area contributed by atoms with Crippen molar-refractivity contribution in [3.8, 4) is 0 Å². The first-order valence-electron chi connectivity index (χ1n) is 4.13. The van der Waals surface area contributed by atoms with Crippen LogP contribution in [0.15, 0.2) is 0 Å². The maximum atomic E-state index is 13.7. The van der Waals surface area contributed by atoms with Crippen molar-refractivity contribution in [2.45, 2.75) is 25.4 Å². The molecule has 1 nitrogen and oxygen atoms in total. The van der Waals surface area contributed by atoms with Crippen LogP contribution in [0.4, 0.5) is 4.39 Å². The van der Waals surface area contributed by atoms with Gasteiger partial charge >= 0.3 is 0 Å². The van der Waals surface area contributed by atoms with E-state index in [1.54, 1.807) is 6.92 Å². The Balaban J connectivity index is 2.41. The van der Waals surface area contributed by atoms with Crippen LogP contribution in [0.1, 0.15) is 19.8 Å². The molecule has 1 saturated heterocycles. The highest BCUT2D eigenvalue weighted by Gasteiger charge is 2.35. The number of nitrogens with two attached hydrogens (primary N) is 1. The fourth-order valence-corrected chi connectivity index (χ4v) is 2.91. The van der Waals surface area contributed by atoms with Gasteiger partial charge in [-0.15, -0.1) is 0 Å². The summed E-state index contributed by atoms with van der Waals surface area (Å²) < 4.78 is 13.7. The summed E-state index contributed by atoms with van der Waals surface area (Å²) in [5, 5.41) is 0. The number of alkyl halides is 1. The predicted molar refractivity (Wildman–Crippen MR) is 48.6 cm³/mol. The highest BCUT2D eigenvalue weighted by molar-refractivity contribution is 7.99. The van der Waals surface area contributed by atoms with Gasteiger partial charge in [0.05, 0.1) is 0 Å². The van der Waals surface area contributed by atoms with E-state index in [4.69, 9.17) is 5.73 Å². The molecule has 0 radical (unpaired) electrons. The molecule has 66 valence electrons. The van der Waals surface area contributed by atoms with Crippen LogP contribution in [0.5, 0.6) is 0 Å². The molecule has 2 unspecified atom stereocenters. The lowest BCUT2D eigenvalue weighted by Crippen LogP contribution is -2.32. The van der Waals surface area contributed by atoms with Gasteiger partial charge in [0, 0.05) is 5.92 Å². The van der Waals surface area contributed by atoms with E-state index in [0.717, 1.165) is 17.9 Å². The van der Waals surface area contributed by atoms with E-state index in [2.05, 4.69) is 0 Å². The Morgan fingerprint density at radius 3 is 2.91 bits per heavy atom. The number of thioether (sulfide) groups is 1. The summed E-state index contributed by atoms with van der Waals surface area (Å²) in [6, 6.07) is 0. The van der Waals surface area contributed by atoms with Crippen LogP contribution in [0.2, 0.25) is 0 Å². The van der Waals surface area contributed by atoms with Crippen LogP contribution >= 0.6 is 11.8 Å². The molecule has 11 heavy (non-hydrogen) atoms. The Morgan fingerprint density at radius 1 is 1.73 bits per heavy atom. The highest BCUT2D eigenvalue weighted by Crippen LogP contribution is 2.36. The van der Waals surface area contributed by atoms with Crippen LogP contribution in [-0.4, -0.2) is 23.7 Å². The van der Waals surface area contributed by atoms with Gasteiger partial charge in [0.25, 0.3) is 0 Å². The molecule has 1 rings (SSSR count). The van der Waals surface area contributed by atoms with Crippen LogP contribution in [-0.2, 0) is 0 Å². The summed E-state index contributed by atoms with van der Waals surface area (Å²) in [7, 11) is 0. The van der Waals surface area contributed by atoms with Gasteiger partial charge in [-0.25, -0.2) is 4.39 Å². The molecule has 3 heteroatoms. The molecule has 0 aliphatic carbocycles. The zero-order valence-corrected chi connectivity index (χ0v) is 7.79. The van der Waals surface area contributed by atoms with Gasteiger partial charge in [-0.05, 0) is 37.8 Å². The predicted octanol–water partition coefficient (Wildman–Crippen LogP) is 1.82. The summed E-state index contributed by atoms with van der Waals surface area (Å²) in [4.78, 5) is 0. The van der Waals surface area contributed by atoms with Crippen molar-refractivity contribution in [3.05, 3.63) is 0 Å². The first-order chi connectivity index (χ1) is 5.17. The molecular weight excluding hydrogens is 161 g/mol. The molecule has 0 spiro atoms. The minimum Gasteiger partial charge on any atom is -0.330 e. The van der Waals surface area contributed by atoms with Crippen molar-refractivity contribution >= 4 is 11.8 Å². The lowest BCUT2D eigenvalue weighted by Gasteiger charge is -2.25. The molecule has 0 aromatic carbocycles. The summed E-state index contributed by atoms with van der Waals surface area (Å²) in [5.74, 6) is 2.35. The average Bonchev–Trinajstić information content (AvgIpc) is 2.37. The number of hydrogen-bond donors (Lipinski definition) is 1. The fourth-order valence-electron chi connectivity index (χ4n) is 1.50. The van der Waals surface area contributed by atoms with Gasteiger partial charge in [-0.2, -0.15) is 11.8 Å². The maximum Gasteiger partial charge on any atom is 0.113 e. The largest absolute Gasteiger partial charge is 0.330 e. The second-order valence-corrected chi connectivity index (χ2v) is 4.53. The quantitative estimate of drug-likeness (QED) is 0.711. The molecule has 0 aromatic heterocycles. The third-order valence-electron chi connectivity index (χ3n) is 2.41. The van der Waals surface area contributed by atoms with Crippen molar-refractivity contribution in [1.82, 2.24) is 0 Å². The lowest BCUT2D eigenvalue weighted by molar-refractivity contribution is 0.109. The zero-order valence-electron chi connectivity index (χ0n) is 6.98. The molecule has 0 aromatic rings. The van der Waals surface area contributed by atoms with Gasteiger partial charge in [0.15, 0.2) is 0 Å². The molecular formula is C8H16FNS. The zero-order chi connectivity index (χ0) is 8.32. The number of hydrogen-bond acceptors (Lipinski definition) is 2. The standard InChI is InChI=1S/C8H16FNS/c1-8(9,3-4-10)7-2-5-11-6-7/h7H,2-6,10H2,1H3. The summed E-state index contributed by atoms with van der Waals surface area (Å²) in [5.41, 5.74) is 4.32. The molecule has 1 aliphatic heterocycles. The van der Waals surface area contributed by atoms with E-state index in [-0.39, 0.29) is 5.92 Å².